The number of hydrogen-bond acceptors (Lipinski definition) is 8. The third-order valence-electron chi connectivity index (χ3n) is 4.08. The molecule has 0 aliphatic carbocycles. The van der Waals surface area contributed by atoms with Crippen molar-refractivity contribution in [1.29, 1.82) is 0 Å². The van der Waals surface area contributed by atoms with Gasteiger partial charge >= 0.3 is 11.9 Å². The molecule has 30 heavy (non-hydrogen) atoms. The molecule has 1 fully saturated rings. The van der Waals surface area contributed by atoms with E-state index in [1.54, 1.807) is 0 Å². The molecule has 1 amide bonds. The van der Waals surface area contributed by atoms with Crippen LogP contribution in [0.3, 0.4) is 0 Å². The number of amides is 1. The lowest BCUT2D eigenvalue weighted by Gasteiger charge is -2.35. The summed E-state index contributed by atoms with van der Waals surface area (Å²) in [7, 11) is 0. The zero-order valence-electron chi connectivity index (χ0n) is 14.8. The third-order valence-corrected chi connectivity index (χ3v) is 5.01. The lowest BCUT2D eigenvalue weighted by molar-refractivity contribution is -0.167. The number of rotatable bonds is 4. The van der Waals surface area contributed by atoms with Gasteiger partial charge in [0, 0.05) is 6.20 Å². The van der Waals surface area contributed by atoms with Crippen molar-refractivity contribution < 1.29 is 38.5 Å². The Bertz CT molecular complexity index is 774. The van der Waals surface area contributed by atoms with Gasteiger partial charge in [-0.15, -0.1) is 0 Å². The molecule has 4 atom stereocenters. The van der Waals surface area contributed by atoms with Crippen LogP contribution < -0.4 is 0 Å². The minimum atomic E-state index is -2.50. The fraction of sp³-hybridized carbons (Fsp3) is 0.600. The number of nitrogens with zero attached hydrogens (tertiary/aromatic N) is 1. The SMILES string of the molecule is C[C@]1(O)C(OC(=O)C(Cl)(Cl)Cl)[C@@H](COC(=O)C(Cl)(Cl)Cl)O[C@H]1N1C=CC(=O)CC1=O. The molecular formula is C15H13Cl6NO8. The number of ketones is 1. The highest BCUT2D eigenvalue weighted by Crippen LogP contribution is 2.39. The average molecular weight is 548 g/mol. The van der Waals surface area contributed by atoms with Gasteiger partial charge < -0.3 is 19.3 Å². The Morgan fingerprint density at radius 2 is 1.77 bits per heavy atom. The number of hydrogen-bond donors (Lipinski definition) is 1. The van der Waals surface area contributed by atoms with E-state index in [2.05, 4.69) is 0 Å². The zero-order chi connectivity index (χ0) is 23.1. The third kappa shape index (κ3) is 5.83. The molecule has 0 aromatic carbocycles. The molecule has 0 saturated carbocycles. The highest BCUT2D eigenvalue weighted by molar-refractivity contribution is 6.76. The highest BCUT2D eigenvalue weighted by Gasteiger charge is 2.59. The van der Waals surface area contributed by atoms with Crippen LogP contribution in [-0.2, 0) is 33.4 Å². The van der Waals surface area contributed by atoms with E-state index in [4.69, 9.17) is 83.8 Å². The molecule has 1 saturated heterocycles. The number of carbonyl (C=O) groups is 4. The lowest BCUT2D eigenvalue weighted by Crippen LogP contribution is -2.55. The molecule has 0 bridgehead atoms. The number of alkyl halides is 6. The van der Waals surface area contributed by atoms with Gasteiger partial charge in [-0.05, 0) is 13.0 Å². The van der Waals surface area contributed by atoms with E-state index in [1.807, 2.05) is 0 Å². The first-order valence-corrected chi connectivity index (χ1v) is 10.2. The van der Waals surface area contributed by atoms with E-state index >= 15 is 0 Å². The summed E-state index contributed by atoms with van der Waals surface area (Å²) < 4.78 is 10.6. The summed E-state index contributed by atoms with van der Waals surface area (Å²) >= 11 is 32.8. The van der Waals surface area contributed by atoms with Gasteiger partial charge in [0.05, 0.1) is 6.42 Å². The molecule has 2 aliphatic rings. The van der Waals surface area contributed by atoms with Gasteiger partial charge in [-0.2, -0.15) is 0 Å². The number of carbonyl (C=O) groups excluding carboxylic acids is 4. The van der Waals surface area contributed by atoms with Crippen LogP contribution in [0.2, 0.25) is 0 Å². The second-order valence-electron chi connectivity index (χ2n) is 6.43. The Labute approximate surface area is 200 Å². The molecule has 1 unspecified atom stereocenters. The average Bonchev–Trinajstić information content (AvgIpc) is 2.82. The van der Waals surface area contributed by atoms with Crippen molar-refractivity contribution in [3.63, 3.8) is 0 Å². The number of aliphatic hydroxyl groups is 1. The molecule has 0 radical (unpaired) electrons. The van der Waals surface area contributed by atoms with E-state index in [0.29, 0.717) is 0 Å². The molecular weight excluding hydrogens is 535 g/mol. The monoisotopic (exact) mass is 545 g/mol. The van der Waals surface area contributed by atoms with Crippen LogP contribution in [0.1, 0.15) is 13.3 Å². The zero-order valence-corrected chi connectivity index (χ0v) is 19.4. The van der Waals surface area contributed by atoms with Gasteiger partial charge in [-0.3, -0.25) is 14.5 Å². The lowest BCUT2D eigenvalue weighted by atomic mass is 9.95. The second-order valence-corrected chi connectivity index (χ2v) is 11.0. The Morgan fingerprint density at radius 1 is 1.20 bits per heavy atom. The summed E-state index contributed by atoms with van der Waals surface area (Å²) in [6.45, 7) is 0.504. The number of esters is 2. The van der Waals surface area contributed by atoms with Gasteiger partial charge in [-0.1, -0.05) is 69.6 Å². The van der Waals surface area contributed by atoms with E-state index in [9.17, 15) is 24.3 Å². The fourth-order valence-corrected chi connectivity index (χ4v) is 3.03. The van der Waals surface area contributed by atoms with Gasteiger partial charge in [0.2, 0.25) is 5.91 Å². The van der Waals surface area contributed by atoms with Crippen molar-refractivity contribution in [1.82, 2.24) is 4.90 Å². The molecule has 0 aromatic heterocycles. The van der Waals surface area contributed by atoms with Crippen molar-refractivity contribution in [2.45, 2.75) is 45.0 Å². The summed E-state index contributed by atoms with van der Waals surface area (Å²) in [6, 6.07) is 0. The smallest absolute Gasteiger partial charge is 0.359 e. The molecule has 2 rings (SSSR count). The fourth-order valence-electron chi connectivity index (χ4n) is 2.74. The van der Waals surface area contributed by atoms with Crippen LogP contribution in [-0.4, -0.2) is 71.9 Å². The van der Waals surface area contributed by atoms with E-state index < -0.39 is 68.3 Å². The summed E-state index contributed by atoms with van der Waals surface area (Å²) in [6.07, 6.45) is -2.70. The second kappa shape index (κ2) is 9.15. The molecule has 15 heteroatoms. The van der Waals surface area contributed by atoms with E-state index in [0.717, 1.165) is 17.2 Å². The minimum absolute atomic E-state index is 0.457. The Morgan fingerprint density at radius 3 is 2.27 bits per heavy atom. The van der Waals surface area contributed by atoms with Crippen molar-refractivity contribution in [2.24, 2.45) is 0 Å². The van der Waals surface area contributed by atoms with Crippen molar-refractivity contribution in [3.8, 4) is 0 Å². The van der Waals surface area contributed by atoms with Crippen LogP contribution >= 0.6 is 69.6 Å². The predicted octanol–water partition coefficient (Wildman–Crippen LogP) is 1.97. The largest absolute Gasteiger partial charge is 0.460 e. The molecule has 168 valence electrons. The van der Waals surface area contributed by atoms with Crippen LogP contribution in [0, 0.1) is 0 Å². The number of ether oxygens (including phenoxy) is 3. The van der Waals surface area contributed by atoms with E-state index in [1.165, 1.54) is 6.92 Å². The molecule has 1 N–H and O–H groups in total. The van der Waals surface area contributed by atoms with Crippen LogP contribution in [0.15, 0.2) is 12.3 Å². The van der Waals surface area contributed by atoms with Crippen molar-refractivity contribution in [3.05, 3.63) is 12.3 Å². The molecule has 9 nitrogen and oxygen atoms in total. The summed E-state index contributed by atoms with van der Waals surface area (Å²) in [5.74, 6) is -3.79. The van der Waals surface area contributed by atoms with Crippen molar-refractivity contribution in [2.75, 3.05) is 6.61 Å². The molecule has 0 spiro atoms. The quantitative estimate of drug-likeness (QED) is 0.322. The summed E-state index contributed by atoms with van der Waals surface area (Å²) in [4.78, 5) is 48.3. The first-order chi connectivity index (χ1) is 13.5. The van der Waals surface area contributed by atoms with Crippen LogP contribution in [0.25, 0.3) is 0 Å². The first kappa shape index (κ1) is 25.7. The summed E-state index contributed by atoms with van der Waals surface area (Å²) in [5, 5.41) is 11.0. The van der Waals surface area contributed by atoms with E-state index in [-0.39, 0.29) is 0 Å². The predicted molar refractivity (Wildman–Crippen MR) is 106 cm³/mol. The Hall–Kier alpha value is -0.520. The highest BCUT2D eigenvalue weighted by atomic mass is 35.6. The topological polar surface area (TPSA) is 119 Å². The molecule has 2 aliphatic heterocycles. The van der Waals surface area contributed by atoms with Crippen LogP contribution in [0.4, 0.5) is 0 Å². The maximum absolute atomic E-state index is 12.2. The Kier molecular flexibility index (Phi) is 7.85. The van der Waals surface area contributed by atoms with Gasteiger partial charge in [0.1, 0.15) is 18.3 Å². The van der Waals surface area contributed by atoms with Gasteiger partial charge in [0.15, 0.2) is 18.1 Å². The van der Waals surface area contributed by atoms with Crippen molar-refractivity contribution >= 4 is 93.2 Å². The van der Waals surface area contributed by atoms with Gasteiger partial charge in [0.25, 0.3) is 7.59 Å². The molecule has 2 heterocycles. The standard InChI is InChI=1S/C15H13Cl6NO8/c1-13(27)9(30-12(26)15(19,20)21)7(5-28-11(25)14(16,17)18)29-10(13)22-3-2-6(23)4-8(22)24/h2-3,7,9-10,27H,4-5H2,1H3/t7-,9?,10-,13+/m1/s1. The first-order valence-electron chi connectivity index (χ1n) is 7.97. The minimum Gasteiger partial charge on any atom is -0.460 e. The number of halogens is 6. The number of allylic oxidation sites excluding steroid dienone is 1. The van der Waals surface area contributed by atoms with Gasteiger partial charge in [-0.25, -0.2) is 9.59 Å². The maximum atomic E-state index is 12.2. The summed E-state index contributed by atoms with van der Waals surface area (Å²) in [5.41, 5.74) is -2.09. The maximum Gasteiger partial charge on any atom is 0.359 e. The normalized spacial score (nSPS) is 29.9. The molecule has 0 aromatic rings. The Balaban J connectivity index is 2.31. The van der Waals surface area contributed by atoms with Crippen LogP contribution in [0.5, 0.6) is 0 Å².